The van der Waals surface area contributed by atoms with Crippen LogP contribution in [0.3, 0.4) is 0 Å². The number of benzene rings is 2. The van der Waals surface area contributed by atoms with Crippen LogP contribution in [0.2, 0.25) is 0 Å². The fraction of sp³-hybridized carbons (Fsp3) is 0.182. The molecule has 1 aliphatic rings. The summed E-state index contributed by atoms with van der Waals surface area (Å²) in [6.07, 6.45) is -0.327. The molecule has 8 heteroatoms. The predicted octanol–water partition coefficient (Wildman–Crippen LogP) is 4.43. The largest absolute Gasteiger partial charge is 0.348 e. The normalized spacial score (nSPS) is 14.1. The summed E-state index contributed by atoms with van der Waals surface area (Å²) in [6.45, 7) is 1.61. The monoisotopic (exact) mass is 532 g/mol. The van der Waals surface area contributed by atoms with Gasteiger partial charge in [0, 0.05) is 37.4 Å². The lowest BCUT2D eigenvalue weighted by molar-refractivity contribution is -0.0522. The maximum absolute atomic E-state index is 12.0. The van der Waals surface area contributed by atoms with Crippen LogP contribution in [0, 0.1) is 0 Å². The highest BCUT2D eigenvalue weighted by Gasteiger charge is 2.18. The molecule has 0 atom stereocenters. The summed E-state index contributed by atoms with van der Waals surface area (Å²) in [5.41, 5.74) is 1.63. The number of nitrogens with zero attached hydrogens (tertiary/aromatic N) is 1. The van der Waals surface area contributed by atoms with Crippen LogP contribution in [0.5, 0.6) is 0 Å². The zero-order chi connectivity index (χ0) is 21.1. The van der Waals surface area contributed by atoms with Crippen LogP contribution in [-0.2, 0) is 16.0 Å². The van der Waals surface area contributed by atoms with Gasteiger partial charge in [-0.2, -0.15) is 0 Å². The molecule has 5 rings (SSSR count). The lowest BCUT2D eigenvalue weighted by Crippen LogP contribution is -2.26. The summed E-state index contributed by atoms with van der Waals surface area (Å²) in [7, 11) is 0. The van der Waals surface area contributed by atoms with Crippen LogP contribution in [0.4, 0.5) is 0 Å². The average molecular weight is 534 g/mol. The molecule has 1 saturated heterocycles. The lowest BCUT2D eigenvalue weighted by Gasteiger charge is -2.14. The molecule has 1 aliphatic heterocycles. The van der Waals surface area contributed by atoms with Gasteiger partial charge in [0.1, 0.15) is 0 Å². The Morgan fingerprint density at radius 1 is 0.867 bits per heavy atom. The highest BCUT2D eigenvalue weighted by Crippen LogP contribution is 2.23. The van der Waals surface area contributed by atoms with Gasteiger partial charge >= 0.3 is 0 Å². The molecule has 1 N–H and O–H groups in total. The van der Waals surface area contributed by atoms with Crippen molar-refractivity contribution in [1.29, 1.82) is 0 Å². The van der Waals surface area contributed by atoms with Gasteiger partial charge in [-0.25, -0.2) is 0 Å². The molecule has 2 aromatic carbocycles. The number of fused-ring (bicyclic) bond motifs is 2. The minimum atomic E-state index is -0.327. The third-order valence-corrected chi connectivity index (χ3v) is 6.10. The molecule has 6 nitrogen and oxygen atoms in total. The first-order valence-electron chi connectivity index (χ1n) is 9.32. The van der Waals surface area contributed by atoms with E-state index in [2.05, 4.69) is 36.8 Å². The van der Waals surface area contributed by atoms with Crippen molar-refractivity contribution in [2.24, 2.45) is 0 Å². The highest BCUT2D eigenvalue weighted by atomic mass is 79.9. The molecular weight excluding hydrogens is 516 g/mol. The quantitative estimate of drug-likeness (QED) is 0.414. The zero-order valence-corrected chi connectivity index (χ0v) is 19.0. The van der Waals surface area contributed by atoms with E-state index in [1.54, 1.807) is 16.7 Å². The number of halogens is 2. The van der Waals surface area contributed by atoms with Gasteiger partial charge in [-0.1, -0.05) is 44.0 Å². The topological polar surface area (TPSA) is 73.3 Å². The summed E-state index contributed by atoms with van der Waals surface area (Å²) in [5.74, 6) is 0. The molecule has 0 saturated carbocycles. The minimum Gasteiger partial charge on any atom is -0.348 e. The van der Waals surface area contributed by atoms with Crippen LogP contribution in [-0.4, -0.2) is 29.1 Å². The van der Waals surface area contributed by atoms with Gasteiger partial charge in [0.25, 0.3) is 5.56 Å². The van der Waals surface area contributed by atoms with Crippen LogP contribution >= 0.6 is 31.9 Å². The zero-order valence-electron chi connectivity index (χ0n) is 15.8. The highest BCUT2D eigenvalue weighted by molar-refractivity contribution is 9.11. The minimum absolute atomic E-state index is 0.0419. The maximum Gasteiger partial charge on any atom is 0.251 e. The first-order chi connectivity index (χ1) is 14.5. The molecule has 2 aromatic heterocycles. The molecule has 4 aromatic rings. The number of ether oxygens (including phenoxy) is 2. The van der Waals surface area contributed by atoms with Crippen LogP contribution < -0.4 is 11.1 Å². The second-order valence-corrected chi connectivity index (χ2v) is 8.36. The van der Waals surface area contributed by atoms with E-state index in [-0.39, 0.29) is 17.4 Å². The fourth-order valence-corrected chi connectivity index (χ4v) is 4.27. The van der Waals surface area contributed by atoms with Gasteiger partial charge in [0.05, 0.1) is 25.3 Å². The van der Waals surface area contributed by atoms with E-state index in [1.807, 2.05) is 42.5 Å². The van der Waals surface area contributed by atoms with Crippen molar-refractivity contribution in [3.63, 3.8) is 0 Å². The van der Waals surface area contributed by atoms with Crippen molar-refractivity contribution in [1.82, 2.24) is 9.55 Å². The van der Waals surface area contributed by atoms with Gasteiger partial charge in [-0.15, -0.1) is 0 Å². The van der Waals surface area contributed by atoms with Crippen molar-refractivity contribution < 1.29 is 9.47 Å². The Labute approximate surface area is 188 Å². The SMILES string of the molecule is O=c1ccc2c(Br)cccc2[nH]1.O=c1ccc2c(Br)cccc2n1CC1OCCO1. The summed E-state index contributed by atoms with van der Waals surface area (Å²) >= 11 is 6.89. The second kappa shape index (κ2) is 9.26. The van der Waals surface area contributed by atoms with Crippen LogP contribution in [0.15, 0.2) is 79.2 Å². The second-order valence-electron chi connectivity index (χ2n) is 6.65. The maximum atomic E-state index is 12.0. The summed E-state index contributed by atoms with van der Waals surface area (Å²) < 4.78 is 14.5. The van der Waals surface area contributed by atoms with Crippen molar-refractivity contribution >= 4 is 53.7 Å². The van der Waals surface area contributed by atoms with Crippen molar-refractivity contribution in [2.75, 3.05) is 13.2 Å². The van der Waals surface area contributed by atoms with Gasteiger partial charge in [0.15, 0.2) is 6.29 Å². The Hall–Kier alpha value is -2.26. The van der Waals surface area contributed by atoms with Crippen LogP contribution in [0.25, 0.3) is 21.8 Å². The smallest absolute Gasteiger partial charge is 0.251 e. The molecular formula is C22H18Br2N2O4. The molecule has 30 heavy (non-hydrogen) atoms. The third-order valence-electron chi connectivity index (χ3n) is 4.71. The van der Waals surface area contributed by atoms with E-state index in [4.69, 9.17) is 9.47 Å². The van der Waals surface area contributed by atoms with E-state index in [0.29, 0.717) is 19.8 Å². The molecule has 0 bridgehead atoms. The fourth-order valence-electron chi connectivity index (χ4n) is 3.29. The van der Waals surface area contributed by atoms with E-state index in [0.717, 1.165) is 30.8 Å². The Kier molecular flexibility index (Phi) is 6.48. The van der Waals surface area contributed by atoms with Gasteiger partial charge in [-0.05, 0) is 36.4 Å². The van der Waals surface area contributed by atoms with E-state index < -0.39 is 0 Å². The van der Waals surface area contributed by atoms with E-state index >= 15 is 0 Å². The van der Waals surface area contributed by atoms with Crippen molar-refractivity contribution in [3.05, 3.63) is 90.3 Å². The molecule has 0 amide bonds. The number of nitrogens with one attached hydrogen (secondary N) is 1. The molecule has 0 unspecified atom stereocenters. The Morgan fingerprint density at radius 3 is 2.30 bits per heavy atom. The number of H-pyrrole nitrogens is 1. The van der Waals surface area contributed by atoms with Gasteiger partial charge in [-0.3, -0.25) is 9.59 Å². The summed E-state index contributed by atoms with van der Waals surface area (Å²) in [6, 6.07) is 18.2. The number of aromatic nitrogens is 2. The molecule has 0 aliphatic carbocycles. The van der Waals surface area contributed by atoms with Crippen molar-refractivity contribution in [3.8, 4) is 0 Å². The van der Waals surface area contributed by atoms with Gasteiger partial charge in [0.2, 0.25) is 5.56 Å². The molecule has 0 radical (unpaired) electrons. The molecule has 3 heterocycles. The third kappa shape index (κ3) is 4.57. The molecule has 154 valence electrons. The first kappa shape index (κ1) is 21.0. The molecule has 0 spiro atoms. The van der Waals surface area contributed by atoms with E-state index in [9.17, 15) is 9.59 Å². The Morgan fingerprint density at radius 2 is 1.53 bits per heavy atom. The number of pyridine rings is 2. The summed E-state index contributed by atoms with van der Waals surface area (Å²) in [4.78, 5) is 25.6. The predicted molar refractivity (Wildman–Crippen MR) is 124 cm³/mol. The molecule has 1 fully saturated rings. The van der Waals surface area contributed by atoms with E-state index in [1.165, 1.54) is 6.07 Å². The first-order valence-corrected chi connectivity index (χ1v) is 10.9. The Balaban J connectivity index is 0.000000158. The van der Waals surface area contributed by atoms with Crippen LogP contribution in [0.1, 0.15) is 0 Å². The Bertz CT molecular complexity index is 1310. The standard InChI is InChI=1S/C13H12BrNO3.C9H6BrNO/c14-10-2-1-3-11-9(10)4-5-12(16)15(11)8-13-17-6-7-18-13;10-7-2-1-3-8-6(7)4-5-9(12)11-8/h1-5,13H,6-8H2;1-5H,(H,11,12). The number of rotatable bonds is 2. The van der Waals surface area contributed by atoms with Gasteiger partial charge < -0.3 is 19.0 Å². The number of aromatic amines is 1. The lowest BCUT2D eigenvalue weighted by atomic mass is 10.2. The number of hydrogen-bond acceptors (Lipinski definition) is 4. The summed E-state index contributed by atoms with van der Waals surface area (Å²) in [5, 5.41) is 2.03. The number of hydrogen-bond donors (Lipinski definition) is 1. The average Bonchev–Trinajstić information content (AvgIpc) is 3.24. The van der Waals surface area contributed by atoms with Crippen molar-refractivity contribution in [2.45, 2.75) is 12.8 Å².